The predicted molar refractivity (Wildman–Crippen MR) is 56.6 cm³/mol. The van der Waals surface area contributed by atoms with Crippen LogP contribution in [0.15, 0.2) is 24.4 Å². The first-order valence-electron chi connectivity index (χ1n) is 4.96. The van der Waals surface area contributed by atoms with Gasteiger partial charge in [0.05, 0.1) is 5.69 Å². The van der Waals surface area contributed by atoms with E-state index >= 15 is 0 Å². The van der Waals surface area contributed by atoms with Gasteiger partial charge in [0.2, 0.25) is 0 Å². The van der Waals surface area contributed by atoms with Crippen LogP contribution in [0.2, 0.25) is 0 Å². The Morgan fingerprint density at radius 1 is 1.43 bits per heavy atom. The first-order chi connectivity index (χ1) is 6.61. The normalized spacial score (nSPS) is 15.5. The summed E-state index contributed by atoms with van der Waals surface area (Å²) < 4.78 is 0. The summed E-state index contributed by atoms with van der Waals surface area (Å²) in [6, 6.07) is 5.24. The minimum absolute atomic E-state index is 0.232. The maximum atomic E-state index is 9.85. The van der Waals surface area contributed by atoms with Crippen LogP contribution in [-0.2, 0) is 0 Å². The lowest BCUT2D eigenvalue weighted by Gasteiger charge is -2.19. The third-order valence-corrected chi connectivity index (χ3v) is 2.14. The first-order valence-corrected chi connectivity index (χ1v) is 4.96. The zero-order valence-corrected chi connectivity index (χ0v) is 8.72. The van der Waals surface area contributed by atoms with Gasteiger partial charge in [-0.15, -0.1) is 0 Å². The van der Waals surface area contributed by atoms with Crippen LogP contribution in [0.4, 0.5) is 0 Å². The highest BCUT2D eigenvalue weighted by Crippen LogP contribution is 2.17. The average Bonchev–Trinajstić information content (AvgIpc) is 2.17. The minimum Gasteiger partial charge on any atom is -0.385 e. The van der Waals surface area contributed by atoms with Gasteiger partial charge < -0.3 is 10.8 Å². The molecule has 0 bridgehead atoms. The van der Waals surface area contributed by atoms with E-state index in [9.17, 15) is 5.11 Å². The molecule has 1 rings (SSSR count). The van der Waals surface area contributed by atoms with E-state index in [0.29, 0.717) is 11.6 Å². The number of nitrogens with zero attached hydrogens (tertiary/aromatic N) is 1. The summed E-state index contributed by atoms with van der Waals surface area (Å²) in [7, 11) is 0. The van der Waals surface area contributed by atoms with Crippen LogP contribution in [0.3, 0.4) is 0 Å². The molecule has 14 heavy (non-hydrogen) atoms. The molecule has 3 N–H and O–H groups in total. The van der Waals surface area contributed by atoms with Crippen molar-refractivity contribution in [1.29, 1.82) is 0 Å². The molecule has 3 heteroatoms. The van der Waals surface area contributed by atoms with E-state index in [1.54, 1.807) is 12.3 Å². The summed E-state index contributed by atoms with van der Waals surface area (Å²) in [4.78, 5) is 4.08. The molecule has 0 saturated heterocycles. The predicted octanol–water partition coefficient (Wildman–Crippen LogP) is 1.49. The van der Waals surface area contributed by atoms with Crippen molar-refractivity contribution in [3.05, 3.63) is 30.1 Å². The van der Waals surface area contributed by atoms with Gasteiger partial charge in [0.1, 0.15) is 6.10 Å². The quantitative estimate of drug-likeness (QED) is 0.763. The minimum atomic E-state index is -0.654. The summed E-state index contributed by atoms with van der Waals surface area (Å²) in [6.45, 7) is 4.18. The van der Waals surface area contributed by atoms with Crippen molar-refractivity contribution in [2.75, 3.05) is 0 Å². The zero-order chi connectivity index (χ0) is 10.6. The van der Waals surface area contributed by atoms with E-state index in [4.69, 9.17) is 5.73 Å². The Hall–Kier alpha value is -0.930. The van der Waals surface area contributed by atoms with Gasteiger partial charge >= 0.3 is 0 Å². The summed E-state index contributed by atoms with van der Waals surface area (Å²) in [5, 5.41) is 9.85. The second-order valence-corrected chi connectivity index (χ2v) is 3.99. The average molecular weight is 194 g/mol. The van der Waals surface area contributed by atoms with Crippen LogP contribution >= 0.6 is 0 Å². The summed E-state index contributed by atoms with van der Waals surface area (Å²) >= 11 is 0. The molecule has 0 radical (unpaired) electrons. The van der Waals surface area contributed by atoms with Crippen molar-refractivity contribution in [2.45, 2.75) is 32.4 Å². The molecule has 0 aromatic carbocycles. The topological polar surface area (TPSA) is 59.1 Å². The smallest absolute Gasteiger partial charge is 0.111 e. The van der Waals surface area contributed by atoms with E-state index in [1.807, 2.05) is 12.1 Å². The van der Waals surface area contributed by atoms with Gasteiger partial charge in [-0.25, -0.2) is 0 Å². The van der Waals surface area contributed by atoms with Crippen molar-refractivity contribution in [2.24, 2.45) is 11.7 Å². The van der Waals surface area contributed by atoms with E-state index in [1.165, 1.54) is 0 Å². The molecule has 0 aliphatic carbocycles. The van der Waals surface area contributed by atoms with E-state index in [0.717, 1.165) is 6.42 Å². The fourth-order valence-corrected chi connectivity index (χ4v) is 1.44. The third kappa shape index (κ3) is 3.09. The Labute approximate surface area is 85.0 Å². The lowest BCUT2D eigenvalue weighted by Crippen LogP contribution is -2.30. The van der Waals surface area contributed by atoms with Gasteiger partial charge in [-0.1, -0.05) is 19.9 Å². The van der Waals surface area contributed by atoms with E-state index in [2.05, 4.69) is 18.8 Å². The number of aliphatic hydroxyl groups is 1. The third-order valence-electron chi connectivity index (χ3n) is 2.14. The molecule has 0 amide bonds. The summed E-state index contributed by atoms with van der Waals surface area (Å²) in [5.74, 6) is 0.489. The SMILES string of the molecule is CC(C)CC(N)[C@H](O)c1ccccn1. The molecular weight excluding hydrogens is 176 g/mol. The molecule has 0 saturated carbocycles. The van der Waals surface area contributed by atoms with Crippen molar-refractivity contribution in [3.8, 4) is 0 Å². The van der Waals surface area contributed by atoms with Crippen LogP contribution in [0, 0.1) is 5.92 Å². The van der Waals surface area contributed by atoms with Crippen LogP contribution in [0.1, 0.15) is 32.1 Å². The van der Waals surface area contributed by atoms with Gasteiger partial charge in [0.15, 0.2) is 0 Å². The molecule has 2 atom stereocenters. The number of rotatable bonds is 4. The molecule has 1 aromatic rings. The largest absolute Gasteiger partial charge is 0.385 e. The second kappa shape index (κ2) is 5.08. The molecule has 0 aliphatic rings. The Balaban J connectivity index is 2.61. The number of pyridine rings is 1. The molecule has 1 heterocycles. The Kier molecular flexibility index (Phi) is 4.04. The van der Waals surface area contributed by atoms with Gasteiger partial charge in [-0.05, 0) is 24.5 Å². The van der Waals surface area contributed by atoms with Gasteiger partial charge in [-0.3, -0.25) is 4.98 Å². The van der Waals surface area contributed by atoms with Crippen LogP contribution in [0.25, 0.3) is 0 Å². The number of hydrogen-bond acceptors (Lipinski definition) is 3. The first kappa shape index (κ1) is 11.1. The molecular formula is C11H18N2O. The standard InChI is InChI=1S/C11H18N2O/c1-8(2)7-9(12)11(14)10-5-3-4-6-13-10/h3-6,8-9,11,14H,7,12H2,1-2H3/t9?,11-/m0/s1. The highest BCUT2D eigenvalue weighted by Gasteiger charge is 2.18. The highest BCUT2D eigenvalue weighted by molar-refractivity contribution is 5.08. The van der Waals surface area contributed by atoms with Gasteiger partial charge in [0.25, 0.3) is 0 Å². The Bertz CT molecular complexity index is 261. The molecule has 78 valence electrons. The summed E-state index contributed by atoms with van der Waals surface area (Å²) in [5.41, 5.74) is 6.51. The van der Waals surface area contributed by atoms with E-state index < -0.39 is 6.10 Å². The lowest BCUT2D eigenvalue weighted by molar-refractivity contribution is 0.131. The van der Waals surface area contributed by atoms with Crippen molar-refractivity contribution in [1.82, 2.24) is 4.98 Å². The maximum Gasteiger partial charge on any atom is 0.111 e. The number of nitrogens with two attached hydrogens (primary N) is 1. The Morgan fingerprint density at radius 2 is 2.14 bits per heavy atom. The molecule has 0 spiro atoms. The molecule has 0 aliphatic heterocycles. The molecule has 0 fully saturated rings. The van der Waals surface area contributed by atoms with Gasteiger partial charge in [0, 0.05) is 12.2 Å². The highest BCUT2D eigenvalue weighted by atomic mass is 16.3. The summed E-state index contributed by atoms with van der Waals surface area (Å²) in [6.07, 6.45) is 1.82. The molecule has 1 aromatic heterocycles. The van der Waals surface area contributed by atoms with Crippen molar-refractivity contribution >= 4 is 0 Å². The van der Waals surface area contributed by atoms with Gasteiger partial charge in [-0.2, -0.15) is 0 Å². The maximum absolute atomic E-state index is 9.85. The fourth-order valence-electron chi connectivity index (χ4n) is 1.44. The second-order valence-electron chi connectivity index (χ2n) is 3.99. The van der Waals surface area contributed by atoms with E-state index in [-0.39, 0.29) is 6.04 Å². The zero-order valence-electron chi connectivity index (χ0n) is 8.72. The van der Waals surface area contributed by atoms with Crippen LogP contribution < -0.4 is 5.73 Å². The monoisotopic (exact) mass is 194 g/mol. The van der Waals surface area contributed by atoms with Crippen molar-refractivity contribution < 1.29 is 5.11 Å². The van der Waals surface area contributed by atoms with Crippen LogP contribution in [-0.4, -0.2) is 16.1 Å². The molecule has 1 unspecified atom stereocenters. The lowest BCUT2D eigenvalue weighted by atomic mass is 9.98. The number of aliphatic hydroxyl groups excluding tert-OH is 1. The number of hydrogen-bond donors (Lipinski definition) is 2. The number of aromatic nitrogens is 1. The fraction of sp³-hybridized carbons (Fsp3) is 0.545. The Morgan fingerprint density at radius 3 is 2.64 bits per heavy atom. The molecule has 3 nitrogen and oxygen atoms in total. The van der Waals surface area contributed by atoms with Crippen molar-refractivity contribution in [3.63, 3.8) is 0 Å². The van der Waals surface area contributed by atoms with Crippen LogP contribution in [0.5, 0.6) is 0 Å².